The SMILES string of the molecule is CCOC1CCN(c2ncc(C(=O)OC)cc2[N+](=O)[O-])CC1. The molecule has 120 valence electrons. The van der Waals surface area contributed by atoms with Crippen LogP contribution in [0.25, 0.3) is 0 Å². The van der Waals surface area contributed by atoms with Gasteiger partial charge in [0, 0.05) is 32.0 Å². The number of nitro groups is 1. The molecule has 2 rings (SSSR count). The third-order valence-electron chi connectivity index (χ3n) is 3.61. The van der Waals surface area contributed by atoms with Gasteiger partial charge in [-0.3, -0.25) is 10.1 Å². The first-order valence-electron chi connectivity index (χ1n) is 7.16. The van der Waals surface area contributed by atoms with Crippen LogP contribution in [-0.4, -0.2) is 48.8 Å². The maximum atomic E-state index is 11.5. The van der Waals surface area contributed by atoms with Gasteiger partial charge in [-0.15, -0.1) is 0 Å². The van der Waals surface area contributed by atoms with E-state index < -0.39 is 10.9 Å². The summed E-state index contributed by atoms with van der Waals surface area (Å²) in [6, 6.07) is 1.21. The number of hydrogen-bond donors (Lipinski definition) is 0. The number of carbonyl (C=O) groups is 1. The molecule has 0 unspecified atom stereocenters. The van der Waals surface area contributed by atoms with Crippen molar-refractivity contribution in [2.75, 3.05) is 31.7 Å². The van der Waals surface area contributed by atoms with Crippen molar-refractivity contribution in [3.8, 4) is 0 Å². The molecule has 0 aliphatic carbocycles. The molecule has 1 aliphatic rings. The van der Waals surface area contributed by atoms with E-state index in [0.717, 1.165) is 12.8 Å². The third-order valence-corrected chi connectivity index (χ3v) is 3.61. The quantitative estimate of drug-likeness (QED) is 0.465. The van der Waals surface area contributed by atoms with E-state index in [1.54, 1.807) is 0 Å². The van der Waals surface area contributed by atoms with Crippen LogP contribution in [0.3, 0.4) is 0 Å². The Morgan fingerprint density at radius 3 is 2.73 bits per heavy atom. The molecule has 0 saturated carbocycles. The molecule has 0 amide bonds. The van der Waals surface area contributed by atoms with E-state index >= 15 is 0 Å². The maximum absolute atomic E-state index is 11.5. The number of piperidine rings is 1. The van der Waals surface area contributed by atoms with Gasteiger partial charge in [0.15, 0.2) is 0 Å². The second-order valence-corrected chi connectivity index (χ2v) is 4.96. The second kappa shape index (κ2) is 7.17. The fourth-order valence-corrected chi connectivity index (χ4v) is 2.52. The highest BCUT2D eigenvalue weighted by molar-refractivity contribution is 5.90. The van der Waals surface area contributed by atoms with Gasteiger partial charge in [0.25, 0.3) is 0 Å². The Bertz CT molecular complexity index is 555. The largest absolute Gasteiger partial charge is 0.465 e. The Morgan fingerprint density at radius 2 is 2.18 bits per heavy atom. The van der Waals surface area contributed by atoms with E-state index in [1.807, 2.05) is 11.8 Å². The molecule has 1 fully saturated rings. The van der Waals surface area contributed by atoms with Gasteiger partial charge in [-0.2, -0.15) is 0 Å². The van der Waals surface area contributed by atoms with Crippen molar-refractivity contribution in [3.63, 3.8) is 0 Å². The monoisotopic (exact) mass is 309 g/mol. The number of aromatic nitrogens is 1. The van der Waals surface area contributed by atoms with Crippen molar-refractivity contribution in [1.29, 1.82) is 0 Å². The van der Waals surface area contributed by atoms with Crippen LogP contribution >= 0.6 is 0 Å². The Morgan fingerprint density at radius 1 is 1.50 bits per heavy atom. The molecule has 1 aromatic heterocycles. The molecule has 0 bridgehead atoms. The number of pyridine rings is 1. The zero-order chi connectivity index (χ0) is 16.1. The number of anilines is 1. The van der Waals surface area contributed by atoms with Gasteiger partial charge in [-0.05, 0) is 19.8 Å². The molecule has 2 heterocycles. The summed E-state index contributed by atoms with van der Waals surface area (Å²) in [6.45, 7) is 3.88. The second-order valence-electron chi connectivity index (χ2n) is 4.96. The standard InChI is InChI=1S/C14H19N3O5/c1-3-22-11-4-6-16(7-5-11)13-12(17(19)20)8-10(9-15-13)14(18)21-2/h8-9,11H,3-7H2,1-2H3. The lowest BCUT2D eigenvalue weighted by molar-refractivity contribution is -0.384. The number of nitrogens with zero attached hydrogens (tertiary/aromatic N) is 3. The molecule has 1 aromatic rings. The van der Waals surface area contributed by atoms with Crippen LogP contribution in [0.2, 0.25) is 0 Å². The lowest BCUT2D eigenvalue weighted by Crippen LogP contribution is -2.37. The molecule has 1 saturated heterocycles. The number of ether oxygens (including phenoxy) is 2. The highest BCUT2D eigenvalue weighted by Crippen LogP contribution is 2.29. The lowest BCUT2D eigenvalue weighted by atomic mass is 10.1. The average molecular weight is 309 g/mol. The summed E-state index contributed by atoms with van der Waals surface area (Å²) >= 11 is 0. The van der Waals surface area contributed by atoms with E-state index in [4.69, 9.17) is 4.74 Å². The van der Waals surface area contributed by atoms with E-state index in [1.165, 1.54) is 19.4 Å². The molecule has 0 spiro atoms. The summed E-state index contributed by atoms with van der Waals surface area (Å²) in [6.07, 6.45) is 3.09. The van der Waals surface area contributed by atoms with E-state index in [2.05, 4.69) is 9.72 Å². The Labute approximate surface area is 128 Å². The molecular weight excluding hydrogens is 290 g/mol. The zero-order valence-electron chi connectivity index (χ0n) is 12.7. The minimum absolute atomic E-state index is 0.0714. The van der Waals surface area contributed by atoms with Crippen LogP contribution in [0.5, 0.6) is 0 Å². The predicted molar refractivity (Wildman–Crippen MR) is 79.1 cm³/mol. The molecule has 8 heteroatoms. The van der Waals surface area contributed by atoms with Gasteiger partial charge in [0.1, 0.15) is 0 Å². The highest BCUT2D eigenvalue weighted by Gasteiger charge is 2.27. The Kier molecular flexibility index (Phi) is 5.26. The van der Waals surface area contributed by atoms with E-state index in [9.17, 15) is 14.9 Å². The van der Waals surface area contributed by atoms with Crippen LogP contribution in [0.4, 0.5) is 11.5 Å². The lowest BCUT2D eigenvalue weighted by Gasteiger charge is -2.32. The van der Waals surface area contributed by atoms with Gasteiger partial charge in [0.05, 0.1) is 23.7 Å². The Hall–Kier alpha value is -2.22. The normalized spacial score (nSPS) is 15.6. The van der Waals surface area contributed by atoms with Crippen LogP contribution in [0.15, 0.2) is 12.3 Å². The van der Waals surface area contributed by atoms with Crippen LogP contribution in [-0.2, 0) is 9.47 Å². The van der Waals surface area contributed by atoms with Crippen molar-refractivity contribution < 1.29 is 19.2 Å². The molecule has 0 aromatic carbocycles. The minimum atomic E-state index is -0.641. The zero-order valence-corrected chi connectivity index (χ0v) is 12.7. The van der Waals surface area contributed by atoms with Gasteiger partial charge in [-0.25, -0.2) is 9.78 Å². The number of carbonyl (C=O) groups excluding carboxylic acids is 1. The number of methoxy groups -OCH3 is 1. The Balaban J connectivity index is 2.20. The van der Waals surface area contributed by atoms with E-state index in [0.29, 0.717) is 19.7 Å². The first-order valence-corrected chi connectivity index (χ1v) is 7.16. The smallest absolute Gasteiger partial charge is 0.339 e. The molecule has 0 radical (unpaired) electrons. The minimum Gasteiger partial charge on any atom is -0.465 e. The van der Waals surface area contributed by atoms with Crippen molar-refractivity contribution in [2.45, 2.75) is 25.9 Å². The average Bonchev–Trinajstić information content (AvgIpc) is 2.54. The van der Waals surface area contributed by atoms with Crippen molar-refractivity contribution in [1.82, 2.24) is 4.98 Å². The molecule has 1 aliphatic heterocycles. The summed E-state index contributed by atoms with van der Waals surface area (Å²) in [5, 5.41) is 11.3. The van der Waals surface area contributed by atoms with Gasteiger partial charge >= 0.3 is 11.7 Å². The summed E-state index contributed by atoms with van der Waals surface area (Å²) < 4.78 is 10.1. The highest BCUT2D eigenvalue weighted by atomic mass is 16.6. The topological polar surface area (TPSA) is 94.8 Å². The molecule has 0 atom stereocenters. The molecule has 0 N–H and O–H groups in total. The van der Waals surface area contributed by atoms with Crippen molar-refractivity contribution >= 4 is 17.5 Å². The van der Waals surface area contributed by atoms with Gasteiger partial charge in [-0.1, -0.05) is 0 Å². The fourth-order valence-electron chi connectivity index (χ4n) is 2.52. The summed E-state index contributed by atoms with van der Waals surface area (Å²) in [5.74, 6) is -0.357. The molecule has 8 nitrogen and oxygen atoms in total. The molecule has 22 heavy (non-hydrogen) atoms. The van der Waals surface area contributed by atoms with Gasteiger partial charge in [0.2, 0.25) is 5.82 Å². The van der Waals surface area contributed by atoms with Crippen LogP contribution in [0.1, 0.15) is 30.1 Å². The molecular formula is C14H19N3O5. The first-order chi connectivity index (χ1) is 10.6. The van der Waals surface area contributed by atoms with Gasteiger partial charge < -0.3 is 14.4 Å². The number of hydrogen-bond acceptors (Lipinski definition) is 7. The third kappa shape index (κ3) is 3.51. The van der Waals surface area contributed by atoms with Crippen LogP contribution < -0.4 is 4.90 Å². The fraction of sp³-hybridized carbons (Fsp3) is 0.571. The maximum Gasteiger partial charge on any atom is 0.339 e. The number of rotatable bonds is 5. The summed E-state index contributed by atoms with van der Waals surface area (Å²) in [7, 11) is 1.22. The first kappa shape index (κ1) is 16.2. The predicted octanol–water partition coefficient (Wildman–Crippen LogP) is 1.78. The van der Waals surface area contributed by atoms with Crippen LogP contribution in [0, 0.1) is 10.1 Å². The summed E-state index contributed by atoms with van der Waals surface area (Å²) in [4.78, 5) is 28.2. The van der Waals surface area contributed by atoms with E-state index in [-0.39, 0.29) is 23.2 Å². The summed E-state index contributed by atoms with van der Waals surface area (Å²) in [5.41, 5.74) is -0.111. The van der Waals surface area contributed by atoms with Crippen molar-refractivity contribution in [3.05, 3.63) is 27.9 Å². The van der Waals surface area contributed by atoms with Crippen molar-refractivity contribution in [2.24, 2.45) is 0 Å². The number of esters is 1.